The molecule has 1 fully saturated rings. The molecule has 32 heavy (non-hydrogen) atoms. The summed E-state index contributed by atoms with van der Waals surface area (Å²) in [5.41, 5.74) is 1.86. The van der Waals surface area contributed by atoms with E-state index in [4.69, 9.17) is 19.0 Å². The number of β-amino-alcohol motifs (C(OH)–C–C–N with tert-alkyl or cyclic N) is 1. The summed E-state index contributed by atoms with van der Waals surface area (Å²) in [5, 5.41) is 20.9. The molecule has 0 spiro atoms. The van der Waals surface area contributed by atoms with E-state index in [1.165, 1.54) is 13.2 Å². The van der Waals surface area contributed by atoms with Crippen molar-refractivity contribution in [2.75, 3.05) is 59.7 Å². The number of hydrogen-bond donors (Lipinski definition) is 2. The number of fused-ring (bicyclic) bond motifs is 1. The van der Waals surface area contributed by atoms with Crippen LogP contribution in [0, 0.1) is 6.92 Å². The number of methoxy groups -OCH3 is 1. The van der Waals surface area contributed by atoms with Gasteiger partial charge in [0.05, 0.1) is 18.8 Å². The van der Waals surface area contributed by atoms with E-state index in [1.807, 2.05) is 6.92 Å². The lowest BCUT2D eigenvalue weighted by molar-refractivity contribution is -0.144. The summed E-state index contributed by atoms with van der Waals surface area (Å²) in [5.74, 6) is -0.312. The van der Waals surface area contributed by atoms with E-state index in [1.54, 1.807) is 6.07 Å². The van der Waals surface area contributed by atoms with Crippen LogP contribution in [0.1, 0.15) is 23.1 Å². The molecule has 1 saturated heterocycles. The molecule has 0 atom stereocenters. The minimum atomic E-state index is -0.460. The summed E-state index contributed by atoms with van der Waals surface area (Å²) >= 11 is 0. The molecule has 1 aromatic carbocycles. The third-order valence-electron chi connectivity index (χ3n) is 5.80. The van der Waals surface area contributed by atoms with Crippen molar-refractivity contribution < 1.29 is 28.9 Å². The molecular weight excluding hydrogens is 416 g/mol. The number of aromatic hydroxyl groups is 1. The van der Waals surface area contributed by atoms with E-state index in [-0.39, 0.29) is 31.4 Å². The quantitative estimate of drug-likeness (QED) is 0.313. The molecule has 0 radical (unpaired) electrons. The van der Waals surface area contributed by atoms with Gasteiger partial charge in [-0.3, -0.25) is 14.6 Å². The number of hydrogen-bond acceptors (Lipinski definition) is 9. The molecule has 0 aliphatic carbocycles. The molecule has 9 heteroatoms. The van der Waals surface area contributed by atoms with E-state index < -0.39 is 5.63 Å². The van der Waals surface area contributed by atoms with Crippen LogP contribution in [0.4, 0.5) is 0 Å². The van der Waals surface area contributed by atoms with Gasteiger partial charge in [-0.25, -0.2) is 4.79 Å². The monoisotopic (exact) mass is 448 g/mol. The third kappa shape index (κ3) is 6.07. The van der Waals surface area contributed by atoms with Gasteiger partial charge >= 0.3 is 11.6 Å². The summed E-state index contributed by atoms with van der Waals surface area (Å²) in [7, 11) is 1.54. The van der Waals surface area contributed by atoms with Gasteiger partial charge < -0.3 is 24.1 Å². The van der Waals surface area contributed by atoms with Crippen molar-refractivity contribution in [3.8, 4) is 5.75 Å². The van der Waals surface area contributed by atoms with Crippen molar-refractivity contribution in [2.24, 2.45) is 0 Å². The van der Waals surface area contributed by atoms with Gasteiger partial charge in [0, 0.05) is 64.3 Å². The number of esters is 1. The minimum absolute atomic E-state index is 0.0497. The number of rotatable bonds is 10. The highest BCUT2D eigenvalue weighted by Gasteiger charge is 2.22. The van der Waals surface area contributed by atoms with Crippen LogP contribution in [-0.4, -0.2) is 85.6 Å². The predicted octanol–water partition coefficient (Wildman–Crippen LogP) is 1.04. The number of phenols is 1. The fourth-order valence-corrected chi connectivity index (χ4v) is 3.99. The maximum Gasteiger partial charge on any atom is 0.336 e. The molecule has 0 saturated carbocycles. The number of phenolic OH excluding ortho intramolecular Hbond substituents is 1. The second-order valence-electron chi connectivity index (χ2n) is 8.04. The van der Waals surface area contributed by atoms with Crippen molar-refractivity contribution in [1.82, 2.24) is 9.80 Å². The molecule has 1 aliphatic rings. The number of aliphatic hydroxyl groups is 1. The Balaban J connectivity index is 1.84. The highest BCUT2D eigenvalue weighted by molar-refractivity contribution is 5.86. The Morgan fingerprint density at radius 2 is 1.88 bits per heavy atom. The highest BCUT2D eigenvalue weighted by atomic mass is 16.6. The second kappa shape index (κ2) is 11.4. The van der Waals surface area contributed by atoms with Crippen molar-refractivity contribution in [2.45, 2.75) is 26.3 Å². The van der Waals surface area contributed by atoms with Crippen LogP contribution < -0.4 is 5.63 Å². The number of ether oxygens (including phenoxy) is 2. The molecule has 1 aliphatic heterocycles. The summed E-state index contributed by atoms with van der Waals surface area (Å²) in [6.45, 7) is 6.73. The van der Waals surface area contributed by atoms with Gasteiger partial charge in [0.2, 0.25) is 0 Å². The Bertz CT molecular complexity index is 980. The largest absolute Gasteiger partial charge is 0.507 e. The minimum Gasteiger partial charge on any atom is -0.507 e. The first-order valence-corrected chi connectivity index (χ1v) is 10.9. The highest BCUT2D eigenvalue weighted by Crippen LogP contribution is 2.34. The average molecular weight is 449 g/mol. The van der Waals surface area contributed by atoms with Crippen molar-refractivity contribution in [3.05, 3.63) is 39.2 Å². The number of piperazine rings is 1. The normalized spacial score (nSPS) is 15.3. The first kappa shape index (κ1) is 24.2. The summed E-state index contributed by atoms with van der Waals surface area (Å²) in [6, 6.07) is 3.22. The number of aryl methyl sites for hydroxylation is 2. The molecule has 9 nitrogen and oxygen atoms in total. The average Bonchev–Trinajstić information content (AvgIpc) is 2.76. The fraction of sp³-hybridized carbons (Fsp3) is 0.565. The lowest BCUT2D eigenvalue weighted by Crippen LogP contribution is -2.46. The van der Waals surface area contributed by atoms with Crippen LogP contribution in [0.5, 0.6) is 5.75 Å². The number of aliphatic hydroxyl groups excluding tert-OH is 1. The van der Waals surface area contributed by atoms with E-state index in [9.17, 15) is 14.7 Å². The third-order valence-corrected chi connectivity index (χ3v) is 5.80. The van der Waals surface area contributed by atoms with Crippen molar-refractivity contribution >= 4 is 16.9 Å². The Hall–Kier alpha value is -2.46. The zero-order valence-corrected chi connectivity index (χ0v) is 18.8. The summed E-state index contributed by atoms with van der Waals surface area (Å²) in [6.07, 6.45) is 0.432. The lowest BCUT2D eigenvalue weighted by Gasteiger charge is -2.34. The summed E-state index contributed by atoms with van der Waals surface area (Å²) < 4.78 is 15.5. The van der Waals surface area contributed by atoms with Crippen molar-refractivity contribution in [3.63, 3.8) is 0 Å². The maximum absolute atomic E-state index is 12.0. The molecule has 3 rings (SSSR count). The Morgan fingerprint density at radius 1 is 1.16 bits per heavy atom. The van der Waals surface area contributed by atoms with E-state index in [0.29, 0.717) is 42.8 Å². The molecule has 2 heterocycles. The SMILES string of the molecule is COCCOC(=O)CCc1cc2c(C)cc(=O)oc2c(CN2CCN(CCO)CC2)c1O. The van der Waals surface area contributed by atoms with Crippen LogP contribution in [0.2, 0.25) is 0 Å². The molecule has 0 unspecified atom stereocenters. The first-order chi connectivity index (χ1) is 15.4. The van der Waals surface area contributed by atoms with Crippen LogP contribution in [-0.2, 0) is 27.2 Å². The van der Waals surface area contributed by atoms with Gasteiger partial charge in [0.1, 0.15) is 17.9 Å². The predicted molar refractivity (Wildman–Crippen MR) is 119 cm³/mol. The van der Waals surface area contributed by atoms with E-state index in [0.717, 1.165) is 37.1 Å². The molecule has 176 valence electrons. The molecule has 0 bridgehead atoms. The number of benzene rings is 1. The Kier molecular flexibility index (Phi) is 8.63. The van der Waals surface area contributed by atoms with Crippen molar-refractivity contribution in [1.29, 1.82) is 0 Å². The van der Waals surface area contributed by atoms with Gasteiger partial charge in [0.15, 0.2) is 0 Å². The number of carbonyl (C=O) groups is 1. The smallest absolute Gasteiger partial charge is 0.336 e. The standard InChI is InChI=1S/C23H32N2O7/c1-16-13-21(28)32-23-18(16)14-17(3-4-20(27)31-12-11-30-2)22(29)19(23)15-25-7-5-24(6-8-25)9-10-26/h13-14,26,29H,3-12,15H2,1-2H3. The van der Waals surface area contributed by atoms with E-state index >= 15 is 0 Å². The first-order valence-electron chi connectivity index (χ1n) is 10.9. The van der Waals surface area contributed by atoms with Gasteiger partial charge in [-0.2, -0.15) is 0 Å². The second-order valence-corrected chi connectivity index (χ2v) is 8.04. The molecule has 1 aromatic heterocycles. The van der Waals surface area contributed by atoms with E-state index in [2.05, 4.69) is 9.80 Å². The van der Waals surface area contributed by atoms with Crippen LogP contribution in [0.3, 0.4) is 0 Å². The Morgan fingerprint density at radius 3 is 2.56 bits per heavy atom. The molecule has 2 aromatic rings. The maximum atomic E-state index is 12.0. The van der Waals surface area contributed by atoms with Crippen LogP contribution in [0.25, 0.3) is 11.0 Å². The lowest BCUT2D eigenvalue weighted by atomic mass is 9.98. The molecular formula is C23H32N2O7. The molecule has 0 amide bonds. The topological polar surface area (TPSA) is 113 Å². The Labute approximate surface area is 187 Å². The van der Waals surface area contributed by atoms with Crippen LogP contribution in [0.15, 0.2) is 21.3 Å². The number of carbonyl (C=O) groups excluding carboxylic acids is 1. The number of nitrogens with zero attached hydrogens (tertiary/aromatic N) is 2. The van der Waals surface area contributed by atoms with Gasteiger partial charge in [-0.15, -0.1) is 0 Å². The molecule has 2 N–H and O–H groups in total. The van der Waals surface area contributed by atoms with Crippen LogP contribution >= 0.6 is 0 Å². The fourth-order valence-electron chi connectivity index (χ4n) is 3.99. The van der Waals surface area contributed by atoms with Gasteiger partial charge in [-0.05, 0) is 30.5 Å². The van der Waals surface area contributed by atoms with Gasteiger partial charge in [-0.1, -0.05) is 0 Å². The zero-order chi connectivity index (χ0) is 23.1. The van der Waals surface area contributed by atoms with Gasteiger partial charge in [0.25, 0.3) is 0 Å². The summed E-state index contributed by atoms with van der Waals surface area (Å²) in [4.78, 5) is 28.4. The zero-order valence-electron chi connectivity index (χ0n) is 18.8.